The summed E-state index contributed by atoms with van der Waals surface area (Å²) in [5.41, 5.74) is 21.8. The summed E-state index contributed by atoms with van der Waals surface area (Å²) in [6.07, 6.45) is 11.0. The molecule has 13 rings (SSSR count). The molecule has 3 aliphatic rings. The van der Waals surface area contributed by atoms with Gasteiger partial charge in [-0.15, -0.1) is 0 Å². The predicted octanol–water partition coefficient (Wildman–Crippen LogP) is 20.0. The smallest absolute Gasteiger partial charge is 0.0561 e. The minimum absolute atomic E-state index is 0.0110. The van der Waals surface area contributed by atoms with Crippen LogP contribution in [0.5, 0.6) is 0 Å². The maximum atomic E-state index is 2.67. The zero-order valence-corrected chi connectivity index (χ0v) is 42.2. The van der Waals surface area contributed by atoms with Crippen molar-refractivity contribution in [2.24, 2.45) is 0 Å². The molecule has 0 N–H and O–H groups in total. The molecule has 2 aliphatic carbocycles. The fraction of sp³-hybridized carbons (Fsp3) is 0.246. The van der Waals surface area contributed by atoms with E-state index in [4.69, 9.17) is 0 Å². The van der Waals surface area contributed by atoms with E-state index < -0.39 is 0 Å². The predicted molar refractivity (Wildman–Crippen MR) is 304 cm³/mol. The number of rotatable bonds is 6. The maximum absolute atomic E-state index is 2.67. The van der Waals surface area contributed by atoms with Crippen molar-refractivity contribution >= 4 is 66.4 Å². The third-order valence-corrected chi connectivity index (χ3v) is 16.9. The molecule has 2 bridgehead atoms. The minimum Gasteiger partial charge on any atom is -0.309 e. The lowest BCUT2D eigenvalue weighted by Gasteiger charge is -2.36. The summed E-state index contributed by atoms with van der Waals surface area (Å²) in [7, 11) is 0. The Morgan fingerprint density at radius 1 is 0.408 bits per heavy atom. The summed E-state index contributed by atoms with van der Waals surface area (Å²) in [4.78, 5) is 5.34. The summed E-state index contributed by atoms with van der Waals surface area (Å²) < 4.78 is 0. The molecule has 0 radical (unpaired) electrons. The Kier molecular flexibility index (Phi) is 10.7. The molecule has 2 nitrogen and oxygen atoms in total. The van der Waals surface area contributed by atoms with Crippen LogP contribution in [0.2, 0.25) is 0 Å². The van der Waals surface area contributed by atoms with Gasteiger partial charge in [0.1, 0.15) is 0 Å². The van der Waals surface area contributed by atoms with Crippen molar-refractivity contribution in [3.05, 3.63) is 215 Å². The Bertz CT molecular complexity index is 3440. The minimum atomic E-state index is 0.0110. The quantitative estimate of drug-likeness (QED) is 0.153. The fourth-order valence-corrected chi connectivity index (χ4v) is 13.0. The van der Waals surface area contributed by atoms with Crippen molar-refractivity contribution in [2.75, 3.05) is 9.80 Å². The van der Waals surface area contributed by atoms with E-state index in [1.54, 1.807) is 0 Å². The molecule has 1 aliphatic heterocycles. The van der Waals surface area contributed by atoms with Crippen molar-refractivity contribution in [1.82, 2.24) is 0 Å². The molecule has 2 saturated carbocycles. The first-order chi connectivity index (χ1) is 34.6. The van der Waals surface area contributed by atoms with Crippen molar-refractivity contribution in [2.45, 2.75) is 110 Å². The van der Waals surface area contributed by atoms with Crippen LogP contribution in [-0.4, -0.2) is 0 Å². The maximum Gasteiger partial charge on any atom is 0.0561 e. The van der Waals surface area contributed by atoms with Crippen molar-refractivity contribution in [3.63, 3.8) is 0 Å². The SMILES string of the molecule is Cc1ccccc1-c1ccc2c(c1)N(c1cccc(C3CCCC3)c1)c1cc(c3ccc4cc(C(C)(C)C)cc5ccc1c3c54)N(c1cccc(C3CCCC3)c1)c1cc(-c3ccccc3C)ccc1C2. The monoisotopic (exact) mass is 921 g/mol. The molecule has 0 saturated heterocycles. The number of hydrogen-bond donors (Lipinski definition) is 0. The van der Waals surface area contributed by atoms with E-state index in [2.05, 4.69) is 220 Å². The summed E-state index contributed by atoms with van der Waals surface area (Å²) in [5.74, 6) is 1.17. The van der Waals surface area contributed by atoms with Crippen LogP contribution in [0.1, 0.15) is 123 Å². The second kappa shape index (κ2) is 17.3. The van der Waals surface area contributed by atoms with Gasteiger partial charge in [0, 0.05) is 34.0 Å². The molecule has 0 aromatic heterocycles. The van der Waals surface area contributed by atoms with Gasteiger partial charge < -0.3 is 9.80 Å². The molecule has 71 heavy (non-hydrogen) atoms. The van der Waals surface area contributed by atoms with Crippen LogP contribution in [-0.2, 0) is 11.8 Å². The second-order valence-corrected chi connectivity index (χ2v) is 22.4. The molecule has 10 aromatic carbocycles. The van der Waals surface area contributed by atoms with E-state index >= 15 is 0 Å². The number of hydrogen-bond acceptors (Lipinski definition) is 2. The van der Waals surface area contributed by atoms with Gasteiger partial charge in [-0.25, -0.2) is 0 Å². The molecular formula is C69H64N2. The van der Waals surface area contributed by atoms with E-state index in [0.717, 1.165) is 6.42 Å². The lowest BCUT2D eigenvalue weighted by molar-refractivity contribution is 0.591. The van der Waals surface area contributed by atoms with Crippen molar-refractivity contribution in [1.29, 1.82) is 0 Å². The van der Waals surface area contributed by atoms with Crippen LogP contribution < -0.4 is 9.80 Å². The molecule has 2 heteroatoms. The van der Waals surface area contributed by atoms with Crippen LogP contribution in [0, 0.1) is 13.8 Å². The number of aryl methyl sites for hydroxylation is 2. The first kappa shape index (κ1) is 43.8. The molecule has 0 spiro atoms. The Morgan fingerprint density at radius 2 is 0.873 bits per heavy atom. The van der Waals surface area contributed by atoms with Gasteiger partial charge in [0.25, 0.3) is 0 Å². The fourth-order valence-electron chi connectivity index (χ4n) is 13.0. The molecule has 0 atom stereocenters. The number of anilines is 6. The highest BCUT2D eigenvalue weighted by Gasteiger charge is 2.31. The molecular weight excluding hydrogens is 857 g/mol. The summed E-state index contributed by atoms with van der Waals surface area (Å²) >= 11 is 0. The zero-order chi connectivity index (χ0) is 48.0. The highest BCUT2D eigenvalue weighted by Crippen LogP contribution is 2.54. The van der Waals surface area contributed by atoms with Crippen molar-refractivity contribution < 1.29 is 0 Å². The van der Waals surface area contributed by atoms with Crippen LogP contribution in [0.15, 0.2) is 176 Å². The van der Waals surface area contributed by atoms with Crippen LogP contribution in [0.3, 0.4) is 0 Å². The molecule has 1 heterocycles. The van der Waals surface area contributed by atoms with Gasteiger partial charge in [-0.05, 0) is 177 Å². The number of nitrogens with zero attached hydrogens (tertiary/aromatic N) is 2. The Morgan fingerprint density at radius 3 is 1.32 bits per heavy atom. The molecule has 350 valence electrons. The van der Waals surface area contributed by atoms with Crippen LogP contribution in [0.4, 0.5) is 34.1 Å². The third kappa shape index (κ3) is 7.61. The van der Waals surface area contributed by atoms with E-state index in [-0.39, 0.29) is 5.41 Å². The van der Waals surface area contributed by atoms with Gasteiger partial charge in [0.05, 0.1) is 22.7 Å². The third-order valence-electron chi connectivity index (χ3n) is 16.9. The van der Waals surface area contributed by atoms with Gasteiger partial charge >= 0.3 is 0 Å². The largest absolute Gasteiger partial charge is 0.309 e. The number of fused-ring (bicyclic) bond motifs is 6. The molecule has 10 aromatic rings. The van der Waals surface area contributed by atoms with Gasteiger partial charge in [-0.3, -0.25) is 0 Å². The summed E-state index contributed by atoms with van der Waals surface area (Å²) in [5, 5.41) is 7.83. The average Bonchev–Trinajstić information content (AvgIpc) is 4.14. The first-order valence-corrected chi connectivity index (χ1v) is 26.6. The molecule has 0 unspecified atom stereocenters. The van der Waals surface area contributed by atoms with Crippen LogP contribution in [0.25, 0.3) is 54.6 Å². The Hall–Kier alpha value is -7.16. The summed E-state index contributed by atoms with van der Waals surface area (Å²) in [6.45, 7) is 11.5. The summed E-state index contributed by atoms with van der Waals surface area (Å²) in [6, 6.07) is 69.0. The Labute approximate surface area is 421 Å². The second-order valence-electron chi connectivity index (χ2n) is 22.4. The number of benzene rings is 10. The van der Waals surface area contributed by atoms with Gasteiger partial charge in [0.15, 0.2) is 0 Å². The molecule has 2 fully saturated rings. The first-order valence-electron chi connectivity index (χ1n) is 26.6. The van der Waals surface area contributed by atoms with Crippen molar-refractivity contribution in [3.8, 4) is 22.3 Å². The average molecular weight is 921 g/mol. The van der Waals surface area contributed by atoms with E-state index in [9.17, 15) is 0 Å². The Balaban J connectivity index is 1.19. The van der Waals surface area contributed by atoms with E-state index in [1.165, 1.54) is 179 Å². The highest BCUT2D eigenvalue weighted by atomic mass is 15.2. The van der Waals surface area contributed by atoms with Gasteiger partial charge in [0.2, 0.25) is 0 Å². The van der Waals surface area contributed by atoms with Gasteiger partial charge in [-0.2, -0.15) is 0 Å². The zero-order valence-electron chi connectivity index (χ0n) is 42.2. The van der Waals surface area contributed by atoms with Gasteiger partial charge in [-0.1, -0.05) is 180 Å². The molecule has 0 amide bonds. The van der Waals surface area contributed by atoms with E-state index in [0.29, 0.717) is 11.8 Å². The van der Waals surface area contributed by atoms with E-state index in [1.807, 2.05) is 0 Å². The lowest BCUT2D eigenvalue weighted by Crippen LogP contribution is -2.19. The van der Waals surface area contributed by atoms with Crippen LogP contribution >= 0.6 is 0 Å². The normalized spacial score (nSPS) is 15.6. The standard InChI is InChI=1S/C69H64N2/c1-44-16-6-12-26-59(44)50-28-30-52-36-53-31-29-51(60-27-13-7-17-45(60)2)42-64(53)71(58-25-15-23-49(40-58)47-20-10-11-21-47)66-43-65(70(63(52)41-50)57-24-14-22-48(39-57)46-18-8-9-19-46)61-34-32-54-37-56(69(3,4)5)38-55-33-35-62(66)68(61)67(54)55/h6-7,12-17,22-35,37-43,46-47H,8-11,18-21,36H2,1-5H3. The highest BCUT2D eigenvalue weighted by molar-refractivity contribution is 6.29. The lowest BCUT2D eigenvalue weighted by atomic mass is 9.83. The topological polar surface area (TPSA) is 6.48 Å².